The van der Waals surface area contributed by atoms with Crippen molar-refractivity contribution in [3.8, 4) is 23.0 Å². The van der Waals surface area contributed by atoms with Crippen LogP contribution in [0.3, 0.4) is 0 Å². The fraction of sp³-hybridized carbons (Fsp3) is 0.200. The van der Waals surface area contributed by atoms with Gasteiger partial charge in [0.05, 0.1) is 19.8 Å². The number of aliphatic carboxylic acids is 1. The van der Waals surface area contributed by atoms with Gasteiger partial charge in [-0.3, -0.25) is 4.79 Å². The van der Waals surface area contributed by atoms with Gasteiger partial charge in [0, 0.05) is 0 Å². The Morgan fingerprint density at radius 3 is 2.25 bits per heavy atom. The minimum atomic E-state index is -1.26. The third-order valence-corrected chi connectivity index (χ3v) is 4.43. The van der Waals surface area contributed by atoms with E-state index in [0.717, 1.165) is 0 Å². The van der Waals surface area contributed by atoms with Gasteiger partial charge in [-0.15, -0.1) is 0 Å². The second-order valence-corrected chi connectivity index (χ2v) is 6.10. The van der Waals surface area contributed by atoms with Crippen LogP contribution in [0, 0.1) is 5.92 Å². The van der Waals surface area contributed by atoms with Crippen LogP contribution in [-0.2, 0) is 14.3 Å². The van der Waals surface area contributed by atoms with E-state index < -0.39 is 24.0 Å². The van der Waals surface area contributed by atoms with E-state index in [0.29, 0.717) is 11.1 Å². The molecule has 2 aromatic carbocycles. The maximum atomic E-state index is 12.4. The van der Waals surface area contributed by atoms with Crippen LogP contribution >= 0.6 is 0 Å². The summed E-state index contributed by atoms with van der Waals surface area (Å²) in [5, 5.41) is 29.1. The minimum Gasteiger partial charge on any atom is -0.504 e. The molecule has 0 unspecified atom stereocenters. The number of rotatable bonds is 5. The molecule has 3 rings (SSSR count). The topological polar surface area (TPSA) is 123 Å². The molecule has 0 radical (unpaired) electrons. The van der Waals surface area contributed by atoms with Crippen LogP contribution in [0.5, 0.6) is 23.0 Å². The van der Waals surface area contributed by atoms with E-state index in [1.807, 2.05) is 0 Å². The summed E-state index contributed by atoms with van der Waals surface area (Å²) in [5.41, 5.74) is 0.802. The second-order valence-electron chi connectivity index (χ2n) is 6.10. The molecule has 2 aromatic rings. The molecule has 146 valence electrons. The highest BCUT2D eigenvalue weighted by atomic mass is 16.6. The largest absolute Gasteiger partial charge is 0.504 e. The Labute approximate surface area is 160 Å². The molecule has 0 saturated carbocycles. The average molecular weight is 386 g/mol. The van der Waals surface area contributed by atoms with Gasteiger partial charge >= 0.3 is 11.9 Å². The molecular formula is C20H18O8. The highest BCUT2D eigenvalue weighted by molar-refractivity contribution is 6.02. The third kappa shape index (κ3) is 3.44. The molecule has 28 heavy (non-hydrogen) atoms. The van der Waals surface area contributed by atoms with Crippen molar-refractivity contribution in [1.82, 2.24) is 0 Å². The molecule has 3 N–H and O–H groups in total. The molecule has 0 aliphatic carbocycles. The molecule has 2 atom stereocenters. The Kier molecular flexibility index (Phi) is 5.12. The van der Waals surface area contributed by atoms with Gasteiger partial charge in [0.1, 0.15) is 12.0 Å². The highest BCUT2D eigenvalue weighted by Gasteiger charge is 2.45. The SMILES string of the molecule is COc1cc(/C=C2/C(=O)O[C@@H](c3ccc(O)c(OC)c3)[C@@H]2C(=O)O)ccc1O. The lowest BCUT2D eigenvalue weighted by Crippen LogP contribution is -2.19. The summed E-state index contributed by atoms with van der Waals surface area (Å²) in [7, 11) is 2.74. The van der Waals surface area contributed by atoms with Crippen LogP contribution in [0.1, 0.15) is 17.2 Å². The highest BCUT2D eigenvalue weighted by Crippen LogP contribution is 2.42. The normalized spacial score (nSPS) is 20.1. The number of phenolic OH excluding ortho intramolecular Hbond substituents is 2. The Hall–Kier alpha value is -3.68. The molecule has 8 heteroatoms. The van der Waals surface area contributed by atoms with Gasteiger partial charge in [-0.25, -0.2) is 4.79 Å². The number of cyclic esters (lactones) is 1. The Morgan fingerprint density at radius 1 is 1.04 bits per heavy atom. The minimum absolute atomic E-state index is 0.0442. The molecule has 1 heterocycles. The van der Waals surface area contributed by atoms with E-state index >= 15 is 0 Å². The maximum absolute atomic E-state index is 12.4. The molecular weight excluding hydrogens is 368 g/mol. The monoisotopic (exact) mass is 386 g/mol. The number of carbonyl (C=O) groups is 2. The number of aromatic hydroxyl groups is 2. The summed E-state index contributed by atoms with van der Waals surface area (Å²) in [6.07, 6.45) is 0.311. The van der Waals surface area contributed by atoms with Gasteiger partial charge in [-0.1, -0.05) is 12.1 Å². The zero-order valence-electron chi connectivity index (χ0n) is 15.1. The zero-order valence-corrected chi connectivity index (χ0v) is 15.1. The standard InChI is InChI=1S/C20H18O8/c1-26-15-8-10(3-5-13(15)21)7-12-17(19(23)24)18(28-20(12)25)11-4-6-14(22)16(9-11)27-2/h3-9,17-18,21-22H,1-2H3,(H,23,24)/b12-7+/t17-,18+/m1/s1. The number of phenols is 2. The molecule has 1 fully saturated rings. The molecule has 0 amide bonds. The van der Waals surface area contributed by atoms with Crippen LogP contribution in [0.2, 0.25) is 0 Å². The van der Waals surface area contributed by atoms with Gasteiger partial charge < -0.3 is 29.5 Å². The van der Waals surface area contributed by atoms with Crippen LogP contribution < -0.4 is 9.47 Å². The molecule has 1 saturated heterocycles. The van der Waals surface area contributed by atoms with Crippen molar-refractivity contribution in [3.05, 3.63) is 53.1 Å². The summed E-state index contributed by atoms with van der Waals surface area (Å²) in [6.45, 7) is 0. The van der Waals surface area contributed by atoms with Gasteiger partial charge in [-0.05, 0) is 41.5 Å². The maximum Gasteiger partial charge on any atom is 0.335 e. The average Bonchev–Trinajstić information content (AvgIpc) is 3.00. The molecule has 0 bridgehead atoms. The zero-order chi connectivity index (χ0) is 20.4. The van der Waals surface area contributed by atoms with Crippen LogP contribution in [0.25, 0.3) is 6.08 Å². The fourth-order valence-electron chi connectivity index (χ4n) is 3.05. The van der Waals surface area contributed by atoms with Gasteiger partial charge in [0.25, 0.3) is 0 Å². The molecule has 8 nitrogen and oxygen atoms in total. The summed E-state index contributed by atoms with van der Waals surface area (Å²) in [5.74, 6) is -3.14. The predicted octanol–water partition coefficient (Wildman–Crippen LogP) is 2.50. The van der Waals surface area contributed by atoms with Gasteiger partial charge in [0.2, 0.25) is 0 Å². The van der Waals surface area contributed by atoms with Crippen molar-refractivity contribution in [3.63, 3.8) is 0 Å². The van der Waals surface area contributed by atoms with Crippen molar-refractivity contribution in [2.45, 2.75) is 6.10 Å². The lowest BCUT2D eigenvalue weighted by Gasteiger charge is -2.16. The number of carboxylic acids is 1. The van der Waals surface area contributed by atoms with Crippen molar-refractivity contribution >= 4 is 18.0 Å². The summed E-state index contributed by atoms with van der Waals surface area (Å²) in [4.78, 5) is 24.3. The number of methoxy groups -OCH3 is 2. The van der Waals surface area contributed by atoms with Crippen molar-refractivity contribution in [2.75, 3.05) is 14.2 Å². The van der Waals surface area contributed by atoms with Crippen molar-refractivity contribution < 1.29 is 39.1 Å². The van der Waals surface area contributed by atoms with E-state index in [9.17, 15) is 24.9 Å². The summed E-state index contributed by atoms with van der Waals surface area (Å²) >= 11 is 0. The van der Waals surface area contributed by atoms with Crippen LogP contribution in [0.15, 0.2) is 42.0 Å². The first-order chi connectivity index (χ1) is 13.3. The van der Waals surface area contributed by atoms with E-state index in [4.69, 9.17) is 14.2 Å². The number of hydrogen-bond acceptors (Lipinski definition) is 7. The first-order valence-electron chi connectivity index (χ1n) is 8.25. The second kappa shape index (κ2) is 7.51. The lowest BCUT2D eigenvalue weighted by atomic mass is 9.90. The number of benzene rings is 2. The number of esters is 1. The van der Waals surface area contributed by atoms with Crippen molar-refractivity contribution in [2.24, 2.45) is 5.92 Å². The number of hydrogen-bond donors (Lipinski definition) is 3. The quantitative estimate of drug-likeness (QED) is 0.529. The van der Waals surface area contributed by atoms with Crippen molar-refractivity contribution in [1.29, 1.82) is 0 Å². The van der Waals surface area contributed by atoms with Crippen LogP contribution in [0.4, 0.5) is 0 Å². The van der Waals surface area contributed by atoms with E-state index in [-0.39, 0.29) is 28.6 Å². The van der Waals surface area contributed by atoms with E-state index in [2.05, 4.69) is 0 Å². The Morgan fingerprint density at radius 2 is 1.64 bits per heavy atom. The smallest absolute Gasteiger partial charge is 0.335 e. The Balaban J connectivity index is 2.03. The third-order valence-electron chi connectivity index (χ3n) is 4.43. The van der Waals surface area contributed by atoms with E-state index in [1.54, 1.807) is 0 Å². The summed E-state index contributed by atoms with van der Waals surface area (Å²) < 4.78 is 15.4. The molecule has 0 spiro atoms. The number of carbonyl (C=O) groups excluding carboxylic acids is 1. The number of ether oxygens (including phenoxy) is 3. The van der Waals surface area contributed by atoms with Crippen LogP contribution in [-0.4, -0.2) is 41.5 Å². The number of carboxylic acid groups (broad SMARTS) is 1. The molecule has 0 aromatic heterocycles. The van der Waals surface area contributed by atoms with Gasteiger partial charge in [0.15, 0.2) is 23.0 Å². The lowest BCUT2D eigenvalue weighted by molar-refractivity contribution is -0.144. The Bertz CT molecular complexity index is 963. The van der Waals surface area contributed by atoms with Gasteiger partial charge in [-0.2, -0.15) is 0 Å². The predicted molar refractivity (Wildman–Crippen MR) is 97.3 cm³/mol. The van der Waals surface area contributed by atoms with E-state index in [1.165, 1.54) is 56.7 Å². The first-order valence-corrected chi connectivity index (χ1v) is 8.25. The molecule has 1 aliphatic rings. The molecule has 1 aliphatic heterocycles. The summed E-state index contributed by atoms with van der Waals surface area (Å²) in [6, 6.07) is 8.62. The fourth-order valence-corrected chi connectivity index (χ4v) is 3.05. The first kappa shape index (κ1) is 19.1.